The van der Waals surface area contributed by atoms with E-state index < -0.39 is 23.6 Å². The Labute approximate surface area is 224 Å². The number of benzene rings is 1. The number of carboxylic acid groups (broad SMARTS) is 1. The maximum absolute atomic E-state index is 13.1. The Morgan fingerprint density at radius 3 is 2.77 bits per heavy atom. The lowest BCUT2D eigenvalue weighted by Crippen LogP contribution is -2.44. The number of carbonyl (C=O) groups excluding carboxylic acids is 2. The lowest BCUT2D eigenvalue weighted by molar-refractivity contribution is -0.123. The molecule has 0 aliphatic heterocycles. The number of carbonyl (C=O) groups is 3. The molecule has 4 rings (SSSR count). The van der Waals surface area contributed by atoms with Gasteiger partial charge >= 0.3 is 6.09 Å². The number of fused-ring (bicyclic) bond motifs is 1. The molecule has 3 amide bonds. The predicted octanol–water partition coefficient (Wildman–Crippen LogP) is 2.56. The number of likely N-dealkylation sites (N-methyl/N-ethyl adjacent to an activating group) is 1. The maximum atomic E-state index is 13.1. The fourth-order valence-corrected chi connectivity index (χ4v) is 3.89. The Morgan fingerprint density at radius 2 is 2.05 bits per heavy atom. The number of allylic oxidation sites excluding steroid dienone is 1. The number of H-pyrrole nitrogens is 1. The van der Waals surface area contributed by atoms with Gasteiger partial charge in [0.15, 0.2) is 0 Å². The van der Waals surface area contributed by atoms with Crippen molar-refractivity contribution in [3.63, 3.8) is 0 Å². The van der Waals surface area contributed by atoms with Gasteiger partial charge in [-0.1, -0.05) is 12.1 Å². The lowest BCUT2D eigenvalue weighted by atomic mass is 10.1. The van der Waals surface area contributed by atoms with Gasteiger partial charge in [-0.05, 0) is 61.9 Å². The van der Waals surface area contributed by atoms with Gasteiger partial charge < -0.3 is 34.9 Å². The van der Waals surface area contributed by atoms with Crippen LogP contribution < -0.4 is 20.9 Å². The van der Waals surface area contributed by atoms with E-state index in [1.807, 2.05) is 18.2 Å². The number of hydrogen-bond donors (Lipinski definition) is 4. The molecule has 4 N–H and O–H groups in total. The highest BCUT2D eigenvalue weighted by molar-refractivity contribution is 5.96. The summed E-state index contributed by atoms with van der Waals surface area (Å²) in [5.74, 6) is 0.930. The molecule has 1 fully saturated rings. The number of aromatic amines is 1. The van der Waals surface area contributed by atoms with Crippen molar-refractivity contribution in [3.05, 3.63) is 64.9 Å². The van der Waals surface area contributed by atoms with E-state index in [9.17, 15) is 19.2 Å². The summed E-state index contributed by atoms with van der Waals surface area (Å²) in [7, 11) is 3.22. The van der Waals surface area contributed by atoms with Crippen molar-refractivity contribution in [3.8, 4) is 5.75 Å². The zero-order chi connectivity index (χ0) is 27.9. The topological polar surface area (TPSA) is 159 Å². The van der Waals surface area contributed by atoms with Crippen molar-refractivity contribution in [1.29, 1.82) is 0 Å². The summed E-state index contributed by atoms with van der Waals surface area (Å²) >= 11 is 0. The molecule has 1 aliphatic rings. The van der Waals surface area contributed by atoms with Gasteiger partial charge in [-0.25, -0.2) is 9.78 Å². The van der Waals surface area contributed by atoms with Crippen LogP contribution in [0.5, 0.6) is 5.75 Å². The Hall–Kier alpha value is -4.61. The average molecular weight is 537 g/mol. The minimum Gasteiger partial charge on any atom is -0.491 e. The van der Waals surface area contributed by atoms with E-state index in [1.54, 1.807) is 32.4 Å². The molecule has 1 saturated carbocycles. The summed E-state index contributed by atoms with van der Waals surface area (Å²) in [4.78, 5) is 58.1. The summed E-state index contributed by atoms with van der Waals surface area (Å²) in [6.07, 6.45) is 5.85. The minimum absolute atomic E-state index is 0.00239. The minimum atomic E-state index is -1.38. The standard InChI is InChI=1S/C27H32N6O6/c1-32(2)23(34)11-4-3-7-19(30-27(37)38)25(35)29-20-9-6-14-33(26(20)36)15-22-28-18-8-5-10-21(24(18)31-22)39-16-17-12-13-17/h4-6,8-11,14,17,19,30H,3,7,12-13,15-16H2,1-2H3,(H,28,31)(H,29,35)(H,37,38). The molecular formula is C27H32N6O6. The van der Waals surface area contributed by atoms with Gasteiger partial charge in [0.05, 0.1) is 18.7 Å². The molecule has 0 spiro atoms. The van der Waals surface area contributed by atoms with Gasteiger partial charge in [-0.15, -0.1) is 0 Å². The first-order valence-electron chi connectivity index (χ1n) is 12.7. The molecular weight excluding hydrogens is 504 g/mol. The molecule has 1 unspecified atom stereocenters. The fourth-order valence-electron chi connectivity index (χ4n) is 3.89. The molecule has 1 aliphatic carbocycles. The molecule has 0 bridgehead atoms. The van der Waals surface area contributed by atoms with Crippen molar-refractivity contribution in [2.24, 2.45) is 5.92 Å². The van der Waals surface area contributed by atoms with Crippen LogP contribution in [0.15, 0.2) is 53.5 Å². The number of aromatic nitrogens is 3. The summed E-state index contributed by atoms with van der Waals surface area (Å²) in [5.41, 5.74) is 1.01. The van der Waals surface area contributed by atoms with Crippen LogP contribution in [0, 0.1) is 5.92 Å². The Balaban J connectivity index is 1.44. The third kappa shape index (κ3) is 7.46. The first-order valence-corrected chi connectivity index (χ1v) is 12.7. The number of nitrogens with zero attached hydrogens (tertiary/aromatic N) is 3. The Kier molecular flexibility index (Phi) is 8.64. The van der Waals surface area contributed by atoms with Crippen LogP contribution in [0.4, 0.5) is 10.5 Å². The number of ether oxygens (including phenoxy) is 1. The third-order valence-corrected chi connectivity index (χ3v) is 6.23. The third-order valence-electron chi connectivity index (χ3n) is 6.23. The van der Waals surface area contributed by atoms with Crippen LogP contribution in [0.1, 0.15) is 31.5 Å². The molecule has 1 aromatic carbocycles. The molecule has 0 radical (unpaired) electrons. The highest BCUT2D eigenvalue weighted by Gasteiger charge is 2.23. The van der Waals surface area contributed by atoms with Gasteiger partial charge in [0.1, 0.15) is 28.8 Å². The predicted molar refractivity (Wildman–Crippen MR) is 145 cm³/mol. The molecule has 3 aromatic rings. The first kappa shape index (κ1) is 27.4. The van der Waals surface area contributed by atoms with E-state index in [0.29, 0.717) is 29.6 Å². The average Bonchev–Trinajstić information content (AvgIpc) is 3.63. The van der Waals surface area contributed by atoms with Crippen LogP contribution in [0.25, 0.3) is 11.0 Å². The molecule has 2 heterocycles. The van der Waals surface area contributed by atoms with E-state index in [0.717, 1.165) is 5.52 Å². The van der Waals surface area contributed by atoms with Gasteiger partial charge in [-0.3, -0.25) is 14.4 Å². The molecule has 1 atom stereocenters. The monoisotopic (exact) mass is 536 g/mol. The van der Waals surface area contributed by atoms with Gasteiger partial charge in [-0.2, -0.15) is 0 Å². The van der Waals surface area contributed by atoms with E-state index in [4.69, 9.17) is 9.84 Å². The number of hydrogen-bond acceptors (Lipinski definition) is 6. The Bertz CT molecular complexity index is 1440. The number of amides is 3. The maximum Gasteiger partial charge on any atom is 0.405 e. The summed E-state index contributed by atoms with van der Waals surface area (Å²) in [6, 6.07) is 7.57. The smallest absolute Gasteiger partial charge is 0.405 e. The van der Waals surface area contributed by atoms with Crippen molar-refractivity contribution >= 4 is 34.6 Å². The van der Waals surface area contributed by atoms with Crippen LogP contribution in [-0.2, 0) is 16.1 Å². The van der Waals surface area contributed by atoms with Crippen molar-refractivity contribution in [1.82, 2.24) is 24.8 Å². The number of anilines is 1. The quantitative estimate of drug-likeness (QED) is 0.259. The van der Waals surface area contributed by atoms with Gasteiger partial charge in [0, 0.05) is 20.3 Å². The molecule has 206 valence electrons. The zero-order valence-electron chi connectivity index (χ0n) is 21.8. The largest absolute Gasteiger partial charge is 0.491 e. The van der Waals surface area contributed by atoms with Crippen LogP contribution in [-0.4, -0.2) is 69.2 Å². The van der Waals surface area contributed by atoms with Gasteiger partial charge in [0.2, 0.25) is 11.8 Å². The highest BCUT2D eigenvalue weighted by atomic mass is 16.5. The van der Waals surface area contributed by atoms with Crippen LogP contribution in [0.2, 0.25) is 0 Å². The molecule has 12 nitrogen and oxygen atoms in total. The number of imidazole rings is 1. The van der Waals surface area contributed by atoms with Crippen molar-refractivity contribution in [2.75, 3.05) is 26.0 Å². The van der Waals surface area contributed by atoms with Crippen LogP contribution in [0.3, 0.4) is 0 Å². The molecule has 39 heavy (non-hydrogen) atoms. The number of rotatable bonds is 12. The first-order chi connectivity index (χ1) is 18.7. The summed E-state index contributed by atoms with van der Waals surface area (Å²) in [5, 5.41) is 13.9. The van der Waals surface area contributed by atoms with Crippen molar-refractivity contribution < 1.29 is 24.2 Å². The van der Waals surface area contributed by atoms with E-state index in [1.165, 1.54) is 34.5 Å². The molecule has 12 heteroatoms. The number of nitrogens with one attached hydrogen (secondary N) is 3. The van der Waals surface area contributed by atoms with Crippen molar-refractivity contribution in [2.45, 2.75) is 38.3 Å². The second-order valence-corrected chi connectivity index (χ2v) is 9.65. The number of pyridine rings is 1. The van der Waals surface area contributed by atoms with E-state index in [-0.39, 0.29) is 31.0 Å². The summed E-state index contributed by atoms with van der Waals surface area (Å²) < 4.78 is 7.33. The fraction of sp³-hybridized carbons (Fsp3) is 0.370. The normalized spacial score (nSPS) is 13.8. The second kappa shape index (κ2) is 12.3. The second-order valence-electron chi connectivity index (χ2n) is 9.65. The van der Waals surface area contributed by atoms with E-state index in [2.05, 4.69) is 20.6 Å². The SMILES string of the molecule is CN(C)C(=O)C=CCCC(NC(=O)O)C(=O)Nc1cccn(Cc2nc3c(OCC4CC4)cccc3[nH]2)c1=O. The summed E-state index contributed by atoms with van der Waals surface area (Å²) in [6.45, 7) is 0.783. The molecule has 2 aromatic heterocycles. The number of para-hydroxylation sites is 1. The van der Waals surface area contributed by atoms with Gasteiger partial charge in [0.25, 0.3) is 5.56 Å². The highest BCUT2D eigenvalue weighted by Crippen LogP contribution is 2.31. The van der Waals surface area contributed by atoms with E-state index >= 15 is 0 Å². The lowest BCUT2D eigenvalue weighted by Gasteiger charge is -2.16. The molecule has 0 saturated heterocycles. The zero-order valence-corrected chi connectivity index (χ0v) is 21.8. The van der Waals surface area contributed by atoms with Crippen LogP contribution >= 0.6 is 0 Å². The Morgan fingerprint density at radius 1 is 1.26 bits per heavy atom.